The second kappa shape index (κ2) is 6.15. The number of rotatable bonds is 4. The van der Waals surface area contributed by atoms with E-state index in [1.54, 1.807) is 12.1 Å². The smallest absolute Gasteiger partial charge is 0.338 e. The van der Waals surface area contributed by atoms with Gasteiger partial charge in [-0.25, -0.2) is 4.79 Å². The fourth-order valence-corrected chi connectivity index (χ4v) is 5.67. The lowest BCUT2D eigenvalue weighted by atomic mass is 9.64. The van der Waals surface area contributed by atoms with Crippen molar-refractivity contribution in [2.75, 3.05) is 6.61 Å². The van der Waals surface area contributed by atoms with Gasteiger partial charge in [0, 0.05) is 5.92 Å². The molecule has 0 bridgehead atoms. The van der Waals surface area contributed by atoms with Crippen molar-refractivity contribution < 1.29 is 19.1 Å². The van der Waals surface area contributed by atoms with Crippen LogP contribution in [0.1, 0.15) is 49.9 Å². The van der Waals surface area contributed by atoms with Gasteiger partial charge < -0.3 is 9.47 Å². The van der Waals surface area contributed by atoms with Crippen LogP contribution in [0, 0.1) is 29.1 Å². The second-order valence-electron chi connectivity index (χ2n) is 8.02. The largest absolute Gasteiger partial charge is 0.466 e. The molecule has 0 heterocycles. The molecule has 4 nitrogen and oxygen atoms in total. The third-order valence-electron chi connectivity index (χ3n) is 6.78. The molecule has 1 aromatic rings. The predicted octanol–water partition coefficient (Wildman–Crippen LogP) is 3.85. The SMILES string of the molecule is CCOC(=O)[C@H]1[C@@H]2C[C@H]3[C@@H](OC(=O)c4ccccc4)CCC[C@]3(C)[C@@H]21. The highest BCUT2D eigenvalue weighted by molar-refractivity contribution is 5.89. The van der Waals surface area contributed by atoms with E-state index >= 15 is 0 Å². The molecule has 0 unspecified atom stereocenters. The molecule has 4 heteroatoms. The molecule has 3 aliphatic rings. The van der Waals surface area contributed by atoms with Crippen LogP contribution in [0.25, 0.3) is 0 Å². The van der Waals surface area contributed by atoms with Crippen LogP contribution in [0.15, 0.2) is 30.3 Å². The molecule has 3 saturated carbocycles. The number of carbonyl (C=O) groups is 2. The highest BCUT2D eigenvalue weighted by atomic mass is 16.5. The quantitative estimate of drug-likeness (QED) is 0.780. The van der Waals surface area contributed by atoms with Gasteiger partial charge in [0.15, 0.2) is 0 Å². The maximum atomic E-state index is 12.5. The van der Waals surface area contributed by atoms with Gasteiger partial charge in [0.1, 0.15) is 6.10 Å². The van der Waals surface area contributed by atoms with Gasteiger partial charge in [-0.3, -0.25) is 4.79 Å². The van der Waals surface area contributed by atoms with Crippen LogP contribution in [0.3, 0.4) is 0 Å². The third kappa shape index (κ3) is 2.66. The van der Waals surface area contributed by atoms with Gasteiger partial charge in [0.2, 0.25) is 0 Å². The Morgan fingerprint density at radius 3 is 2.72 bits per heavy atom. The molecule has 0 aromatic heterocycles. The summed E-state index contributed by atoms with van der Waals surface area (Å²) < 4.78 is 11.2. The molecule has 4 rings (SSSR count). The minimum Gasteiger partial charge on any atom is -0.466 e. The lowest BCUT2D eigenvalue weighted by Crippen LogP contribution is -2.42. The van der Waals surface area contributed by atoms with E-state index in [1.807, 2.05) is 25.1 Å². The Morgan fingerprint density at radius 2 is 2.00 bits per heavy atom. The number of hydrogen-bond acceptors (Lipinski definition) is 4. The van der Waals surface area contributed by atoms with Gasteiger partial charge in [0.25, 0.3) is 0 Å². The van der Waals surface area contributed by atoms with E-state index < -0.39 is 0 Å². The second-order valence-corrected chi connectivity index (χ2v) is 8.02. The van der Waals surface area contributed by atoms with Crippen LogP contribution in [0.5, 0.6) is 0 Å². The Bertz CT molecular complexity index is 670. The van der Waals surface area contributed by atoms with E-state index in [0.29, 0.717) is 29.9 Å². The van der Waals surface area contributed by atoms with Gasteiger partial charge in [-0.2, -0.15) is 0 Å². The zero-order valence-electron chi connectivity index (χ0n) is 14.9. The molecule has 0 spiro atoms. The average molecular weight is 342 g/mol. The topological polar surface area (TPSA) is 52.6 Å². The highest BCUT2D eigenvalue weighted by Gasteiger charge is 2.71. The first-order valence-corrected chi connectivity index (χ1v) is 9.49. The Morgan fingerprint density at radius 1 is 1.24 bits per heavy atom. The Kier molecular flexibility index (Phi) is 4.09. The van der Waals surface area contributed by atoms with Gasteiger partial charge in [0.05, 0.1) is 18.1 Å². The Hall–Kier alpha value is -1.84. The van der Waals surface area contributed by atoms with Crippen LogP contribution in [-0.4, -0.2) is 24.6 Å². The standard InChI is InChI=1S/C21H26O4/c1-3-24-20(23)17-14-12-15-16(10-7-11-21(15,2)18(14)17)25-19(22)13-8-5-4-6-9-13/h4-6,8-9,14-18H,3,7,10-12H2,1-2H3/t14-,15-,16-,17-,18-,21-/m0/s1. The van der Waals surface area contributed by atoms with Crippen molar-refractivity contribution in [3.8, 4) is 0 Å². The molecule has 25 heavy (non-hydrogen) atoms. The fourth-order valence-electron chi connectivity index (χ4n) is 5.67. The molecule has 3 aliphatic carbocycles. The monoisotopic (exact) mass is 342 g/mol. The molecule has 0 amide bonds. The summed E-state index contributed by atoms with van der Waals surface area (Å²) >= 11 is 0. The summed E-state index contributed by atoms with van der Waals surface area (Å²) in [6.45, 7) is 4.61. The van der Waals surface area contributed by atoms with E-state index in [9.17, 15) is 9.59 Å². The summed E-state index contributed by atoms with van der Waals surface area (Å²) in [6, 6.07) is 9.21. The summed E-state index contributed by atoms with van der Waals surface area (Å²) in [7, 11) is 0. The Balaban J connectivity index is 1.46. The van der Waals surface area contributed by atoms with Crippen LogP contribution in [-0.2, 0) is 14.3 Å². The normalized spacial score (nSPS) is 38.4. The number of carbonyl (C=O) groups excluding carboxylic acids is 2. The number of ether oxygens (including phenoxy) is 2. The number of hydrogen-bond donors (Lipinski definition) is 0. The maximum Gasteiger partial charge on any atom is 0.338 e. The van der Waals surface area contributed by atoms with Crippen molar-refractivity contribution >= 4 is 11.9 Å². The van der Waals surface area contributed by atoms with Gasteiger partial charge in [-0.15, -0.1) is 0 Å². The van der Waals surface area contributed by atoms with Crippen molar-refractivity contribution in [2.24, 2.45) is 29.1 Å². The van der Waals surface area contributed by atoms with E-state index in [2.05, 4.69) is 6.92 Å². The summed E-state index contributed by atoms with van der Waals surface area (Å²) in [6.07, 6.45) is 4.06. The van der Waals surface area contributed by atoms with E-state index in [1.165, 1.54) is 0 Å². The molecule has 1 aromatic carbocycles. The first-order chi connectivity index (χ1) is 12.1. The molecule has 0 saturated heterocycles. The van der Waals surface area contributed by atoms with Gasteiger partial charge in [-0.05, 0) is 62.0 Å². The van der Waals surface area contributed by atoms with Crippen LogP contribution >= 0.6 is 0 Å². The first kappa shape index (κ1) is 16.6. The maximum absolute atomic E-state index is 12.5. The molecule has 3 fully saturated rings. The van der Waals surface area contributed by atoms with Crippen molar-refractivity contribution in [1.29, 1.82) is 0 Å². The minimum atomic E-state index is -0.225. The van der Waals surface area contributed by atoms with Crippen molar-refractivity contribution in [1.82, 2.24) is 0 Å². The Labute approximate surface area is 148 Å². The molecule has 0 radical (unpaired) electrons. The summed E-state index contributed by atoms with van der Waals surface area (Å²) in [4.78, 5) is 24.6. The van der Waals surface area contributed by atoms with E-state index in [4.69, 9.17) is 9.47 Å². The van der Waals surface area contributed by atoms with Crippen LogP contribution < -0.4 is 0 Å². The number of benzene rings is 1. The minimum absolute atomic E-state index is 0.0258. The van der Waals surface area contributed by atoms with Crippen molar-refractivity contribution in [3.63, 3.8) is 0 Å². The summed E-state index contributed by atoms with van der Waals surface area (Å²) in [5.74, 6) is 1.03. The molecular weight excluding hydrogens is 316 g/mol. The van der Waals surface area contributed by atoms with Gasteiger partial charge >= 0.3 is 11.9 Å². The lowest BCUT2D eigenvalue weighted by Gasteiger charge is -2.43. The zero-order valence-corrected chi connectivity index (χ0v) is 14.9. The molecule has 6 atom stereocenters. The molecule has 134 valence electrons. The summed E-state index contributed by atoms with van der Waals surface area (Å²) in [5, 5.41) is 0. The summed E-state index contributed by atoms with van der Waals surface area (Å²) in [5.41, 5.74) is 0.712. The molecule has 0 aliphatic heterocycles. The van der Waals surface area contributed by atoms with E-state index in [-0.39, 0.29) is 29.4 Å². The molecular formula is C21H26O4. The highest BCUT2D eigenvalue weighted by Crippen LogP contribution is 2.72. The third-order valence-corrected chi connectivity index (χ3v) is 6.78. The fraction of sp³-hybridized carbons (Fsp3) is 0.619. The predicted molar refractivity (Wildman–Crippen MR) is 92.8 cm³/mol. The molecule has 0 N–H and O–H groups in total. The van der Waals surface area contributed by atoms with Gasteiger partial charge in [-0.1, -0.05) is 25.1 Å². The lowest BCUT2D eigenvalue weighted by molar-refractivity contribution is -0.147. The van der Waals surface area contributed by atoms with Crippen LogP contribution in [0.2, 0.25) is 0 Å². The van der Waals surface area contributed by atoms with Crippen LogP contribution in [0.4, 0.5) is 0 Å². The van der Waals surface area contributed by atoms with Crippen molar-refractivity contribution in [3.05, 3.63) is 35.9 Å². The van der Waals surface area contributed by atoms with Crippen molar-refractivity contribution in [2.45, 2.75) is 45.6 Å². The first-order valence-electron chi connectivity index (χ1n) is 9.49. The zero-order chi connectivity index (χ0) is 17.6. The average Bonchev–Trinajstić information content (AvgIpc) is 3.26. The number of esters is 2. The number of fused-ring (bicyclic) bond motifs is 3. The van der Waals surface area contributed by atoms with E-state index in [0.717, 1.165) is 25.7 Å².